The van der Waals surface area contributed by atoms with E-state index in [9.17, 15) is 0 Å². The van der Waals surface area contributed by atoms with Gasteiger partial charge in [0.05, 0.1) is 11.0 Å². The van der Waals surface area contributed by atoms with Crippen molar-refractivity contribution in [2.75, 3.05) is 31.3 Å². The third-order valence-electron chi connectivity index (χ3n) is 3.25. The molecule has 2 N–H and O–H groups in total. The molecule has 0 aliphatic heterocycles. The molecule has 0 saturated heterocycles. The molecule has 2 rings (SSSR count). The molecule has 0 fully saturated rings. The monoisotopic (exact) mass is 294 g/mol. The number of ether oxygens (including phenoxy) is 1. The van der Waals surface area contributed by atoms with Crippen LogP contribution < -0.4 is 10.6 Å². The average Bonchev–Trinajstić information content (AvgIpc) is 2.87. The molecule has 20 heavy (non-hydrogen) atoms. The SMILES string of the molecule is CCc1cc2c(NCC(C)(C)OC)nc(NC)nc2s1. The van der Waals surface area contributed by atoms with Gasteiger partial charge in [-0.15, -0.1) is 11.3 Å². The molecule has 0 bridgehead atoms. The molecule has 0 atom stereocenters. The quantitative estimate of drug-likeness (QED) is 0.857. The molecule has 0 aliphatic carbocycles. The van der Waals surface area contributed by atoms with Crippen molar-refractivity contribution in [1.29, 1.82) is 0 Å². The molecule has 0 amide bonds. The first-order valence-electron chi connectivity index (χ1n) is 6.76. The van der Waals surface area contributed by atoms with Gasteiger partial charge in [0.15, 0.2) is 0 Å². The average molecular weight is 294 g/mol. The number of aromatic nitrogens is 2. The van der Waals surface area contributed by atoms with E-state index in [0.29, 0.717) is 12.5 Å². The highest BCUT2D eigenvalue weighted by atomic mass is 32.1. The second-order valence-electron chi connectivity index (χ2n) is 5.25. The number of nitrogens with zero attached hydrogens (tertiary/aromatic N) is 2. The molecule has 0 unspecified atom stereocenters. The van der Waals surface area contributed by atoms with Gasteiger partial charge in [-0.3, -0.25) is 0 Å². The maximum Gasteiger partial charge on any atom is 0.225 e. The van der Waals surface area contributed by atoms with Gasteiger partial charge >= 0.3 is 0 Å². The van der Waals surface area contributed by atoms with E-state index in [2.05, 4.69) is 33.6 Å². The summed E-state index contributed by atoms with van der Waals surface area (Å²) in [6, 6.07) is 2.17. The second-order valence-corrected chi connectivity index (χ2v) is 6.36. The van der Waals surface area contributed by atoms with Gasteiger partial charge in [-0.05, 0) is 26.3 Å². The van der Waals surface area contributed by atoms with Crippen LogP contribution in [0, 0.1) is 0 Å². The Hall–Kier alpha value is -1.40. The molecule has 2 aromatic rings. The first-order chi connectivity index (χ1) is 9.49. The van der Waals surface area contributed by atoms with Gasteiger partial charge in [-0.1, -0.05) is 6.92 Å². The van der Waals surface area contributed by atoms with Crippen molar-refractivity contribution in [3.05, 3.63) is 10.9 Å². The summed E-state index contributed by atoms with van der Waals surface area (Å²) in [4.78, 5) is 11.4. The molecule has 110 valence electrons. The highest BCUT2D eigenvalue weighted by Gasteiger charge is 2.18. The maximum atomic E-state index is 5.44. The van der Waals surface area contributed by atoms with E-state index in [1.54, 1.807) is 18.4 Å². The van der Waals surface area contributed by atoms with Crippen molar-refractivity contribution in [3.8, 4) is 0 Å². The summed E-state index contributed by atoms with van der Waals surface area (Å²) in [6.07, 6.45) is 1.01. The zero-order chi connectivity index (χ0) is 14.8. The molecule has 2 heterocycles. The lowest BCUT2D eigenvalue weighted by Crippen LogP contribution is -2.32. The van der Waals surface area contributed by atoms with Crippen LogP contribution >= 0.6 is 11.3 Å². The van der Waals surface area contributed by atoms with E-state index in [0.717, 1.165) is 22.5 Å². The Bertz CT molecular complexity index is 594. The van der Waals surface area contributed by atoms with E-state index >= 15 is 0 Å². The van der Waals surface area contributed by atoms with Crippen LogP contribution in [0.25, 0.3) is 10.2 Å². The van der Waals surface area contributed by atoms with Gasteiger partial charge in [0.25, 0.3) is 0 Å². The van der Waals surface area contributed by atoms with Gasteiger partial charge in [-0.2, -0.15) is 4.98 Å². The van der Waals surface area contributed by atoms with Crippen molar-refractivity contribution < 1.29 is 4.74 Å². The minimum absolute atomic E-state index is 0.235. The van der Waals surface area contributed by atoms with E-state index in [4.69, 9.17) is 4.74 Å². The molecule has 5 nitrogen and oxygen atoms in total. The zero-order valence-corrected chi connectivity index (χ0v) is 13.5. The summed E-state index contributed by atoms with van der Waals surface area (Å²) in [5.41, 5.74) is -0.235. The molecule has 0 aromatic carbocycles. The van der Waals surface area contributed by atoms with Gasteiger partial charge < -0.3 is 15.4 Å². The molecule has 0 aliphatic rings. The van der Waals surface area contributed by atoms with Crippen molar-refractivity contribution in [3.63, 3.8) is 0 Å². The normalized spacial score (nSPS) is 11.8. The predicted molar refractivity (Wildman–Crippen MR) is 85.9 cm³/mol. The van der Waals surface area contributed by atoms with Crippen LogP contribution in [0.5, 0.6) is 0 Å². The number of nitrogens with one attached hydrogen (secondary N) is 2. The minimum atomic E-state index is -0.235. The van der Waals surface area contributed by atoms with E-state index in [-0.39, 0.29) is 5.60 Å². The Balaban J connectivity index is 2.36. The molecule has 2 aromatic heterocycles. The van der Waals surface area contributed by atoms with E-state index in [1.165, 1.54) is 4.88 Å². The fourth-order valence-electron chi connectivity index (χ4n) is 1.76. The number of methoxy groups -OCH3 is 1. The number of anilines is 2. The maximum absolute atomic E-state index is 5.44. The van der Waals surface area contributed by atoms with Gasteiger partial charge in [0, 0.05) is 25.6 Å². The predicted octanol–water partition coefficient (Wildman–Crippen LogP) is 3.13. The largest absolute Gasteiger partial charge is 0.377 e. The third-order valence-corrected chi connectivity index (χ3v) is 4.42. The van der Waals surface area contributed by atoms with Crippen LogP contribution in [-0.2, 0) is 11.2 Å². The van der Waals surface area contributed by atoms with Crippen LogP contribution in [0.2, 0.25) is 0 Å². The Morgan fingerprint density at radius 2 is 2.10 bits per heavy atom. The lowest BCUT2D eigenvalue weighted by molar-refractivity contribution is 0.0343. The Morgan fingerprint density at radius 3 is 2.70 bits per heavy atom. The highest BCUT2D eigenvalue weighted by molar-refractivity contribution is 7.18. The first kappa shape index (κ1) is 15.0. The van der Waals surface area contributed by atoms with Crippen LogP contribution in [-0.4, -0.2) is 36.3 Å². The topological polar surface area (TPSA) is 59.1 Å². The minimum Gasteiger partial charge on any atom is -0.377 e. The van der Waals surface area contributed by atoms with Crippen molar-refractivity contribution in [2.24, 2.45) is 0 Å². The number of fused-ring (bicyclic) bond motifs is 1. The lowest BCUT2D eigenvalue weighted by Gasteiger charge is -2.23. The smallest absolute Gasteiger partial charge is 0.225 e. The summed E-state index contributed by atoms with van der Waals surface area (Å²) in [6.45, 7) is 6.93. The zero-order valence-electron chi connectivity index (χ0n) is 12.7. The summed E-state index contributed by atoms with van der Waals surface area (Å²) >= 11 is 1.72. The summed E-state index contributed by atoms with van der Waals surface area (Å²) in [5.74, 6) is 1.50. The molecule has 6 heteroatoms. The van der Waals surface area contributed by atoms with Crippen LogP contribution in [0.4, 0.5) is 11.8 Å². The van der Waals surface area contributed by atoms with Crippen molar-refractivity contribution in [2.45, 2.75) is 32.8 Å². The fraction of sp³-hybridized carbons (Fsp3) is 0.571. The molecule has 0 radical (unpaired) electrons. The Morgan fingerprint density at radius 1 is 1.35 bits per heavy atom. The third kappa shape index (κ3) is 3.19. The van der Waals surface area contributed by atoms with Gasteiger partial charge in [0.1, 0.15) is 10.6 Å². The summed E-state index contributed by atoms with van der Waals surface area (Å²) in [5, 5.41) is 7.47. The molecular weight excluding hydrogens is 272 g/mol. The number of thiophene rings is 1. The summed E-state index contributed by atoms with van der Waals surface area (Å²) < 4.78 is 5.44. The molecular formula is C14H22N4OS. The highest BCUT2D eigenvalue weighted by Crippen LogP contribution is 2.30. The Kier molecular flexibility index (Phi) is 4.45. The molecule has 0 saturated carbocycles. The Labute approximate surface area is 123 Å². The molecule has 0 spiro atoms. The van der Waals surface area contributed by atoms with E-state index < -0.39 is 0 Å². The number of aryl methyl sites for hydroxylation is 1. The number of hydrogen-bond acceptors (Lipinski definition) is 6. The number of rotatable bonds is 6. The summed E-state index contributed by atoms with van der Waals surface area (Å²) in [7, 11) is 3.55. The van der Waals surface area contributed by atoms with Crippen molar-refractivity contribution in [1.82, 2.24) is 9.97 Å². The fourth-order valence-corrected chi connectivity index (χ4v) is 2.73. The first-order valence-corrected chi connectivity index (χ1v) is 7.58. The standard InChI is InChI=1S/C14H22N4OS/c1-6-9-7-10-11(16-8-14(2,3)19-5)17-13(15-4)18-12(10)20-9/h7H,6,8H2,1-5H3,(H2,15,16,17,18). The van der Waals surface area contributed by atoms with Crippen LogP contribution in [0.15, 0.2) is 6.07 Å². The van der Waals surface area contributed by atoms with Crippen LogP contribution in [0.3, 0.4) is 0 Å². The number of hydrogen-bond donors (Lipinski definition) is 2. The van der Waals surface area contributed by atoms with Gasteiger partial charge in [-0.25, -0.2) is 4.98 Å². The van der Waals surface area contributed by atoms with Crippen molar-refractivity contribution >= 4 is 33.3 Å². The second kappa shape index (κ2) is 5.93. The van der Waals surface area contributed by atoms with Gasteiger partial charge in [0.2, 0.25) is 5.95 Å². The van der Waals surface area contributed by atoms with Crippen LogP contribution in [0.1, 0.15) is 25.6 Å². The lowest BCUT2D eigenvalue weighted by atomic mass is 10.1. The van der Waals surface area contributed by atoms with E-state index in [1.807, 2.05) is 20.9 Å².